The van der Waals surface area contributed by atoms with Crippen molar-refractivity contribution in [3.63, 3.8) is 0 Å². The van der Waals surface area contributed by atoms with Gasteiger partial charge in [-0.1, -0.05) is 0 Å². The molecule has 3 heteroatoms. The first-order chi connectivity index (χ1) is 5.38. The van der Waals surface area contributed by atoms with Crippen molar-refractivity contribution in [3.8, 4) is 11.5 Å². The summed E-state index contributed by atoms with van der Waals surface area (Å²) < 4.78 is 2.03. The van der Waals surface area contributed by atoms with E-state index in [-0.39, 0.29) is 0 Å². The normalized spacial score (nSPS) is 10.3. The molecule has 0 aliphatic heterocycles. The van der Waals surface area contributed by atoms with E-state index >= 15 is 0 Å². The van der Waals surface area contributed by atoms with Gasteiger partial charge in [-0.05, 0) is 12.1 Å². The van der Waals surface area contributed by atoms with Gasteiger partial charge in [0.15, 0.2) is 5.82 Å². The molecule has 0 fully saturated rings. The molecule has 0 spiro atoms. The highest BCUT2D eigenvalue weighted by molar-refractivity contribution is 5.49. The molecule has 2 rings (SSSR count). The van der Waals surface area contributed by atoms with Gasteiger partial charge in [0.05, 0.1) is 5.69 Å². The summed E-state index contributed by atoms with van der Waals surface area (Å²) in [6, 6.07) is 4.02. The number of rotatable bonds is 1. The minimum Gasteiger partial charge on any atom is -0.348 e. The van der Waals surface area contributed by atoms with Crippen molar-refractivity contribution < 1.29 is 0 Å². The van der Waals surface area contributed by atoms with E-state index < -0.39 is 0 Å². The Hall–Kier alpha value is -1.51. The first-order valence-corrected chi connectivity index (χ1v) is 3.49. The molecule has 0 amide bonds. The molecule has 0 saturated carbocycles. The van der Waals surface area contributed by atoms with Gasteiger partial charge in [0.25, 0.3) is 0 Å². The Morgan fingerprint density at radius 1 is 1.55 bits per heavy atom. The van der Waals surface area contributed by atoms with Crippen LogP contribution in [0.1, 0.15) is 0 Å². The van der Waals surface area contributed by atoms with Crippen LogP contribution in [0.25, 0.3) is 11.5 Å². The minimum atomic E-state index is 0.914. The lowest BCUT2D eigenvalue weighted by molar-refractivity contribution is 0.926. The van der Waals surface area contributed by atoms with Crippen LogP contribution in [0.2, 0.25) is 0 Å². The van der Waals surface area contributed by atoms with E-state index in [0.29, 0.717) is 0 Å². The molecule has 11 heavy (non-hydrogen) atoms. The number of aromatic nitrogens is 3. The Morgan fingerprint density at radius 2 is 2.45 bits per heavy atom. The predicted octanol–water partition coefficient (Wildman–Crippen LogP) is 1.42. The molecule has 2 aromatic heterocycles. The zero-order chi connectivity index (χ0) is 7.68. The van der Waals surface area contributed by atoms with Crippen LogP contribution < -0.4 is 0 Å². The maximum absolute atomic E-state index is 4.14. The molecule has 0 radical (unpaired) electrons. The third kappa shape index (κ3) is 0.941. The van der Waals surface area contributed by atoms with Crippen LogP contribution in [0.15, 0.2) is 30.7 Å². The summed E-state index contributed by atoms with van der Waals surface area (Å²) in [6.45, 7) is 0. The Bertz CT molecular complexity index is 332. The molecule has 0 saturated heterocycles. The van der Waals surface area contributed by atoms with E-state index in [4.69, 9.17) is 0 Å². The van der Waals surface area contributed by atoms with Crippen molar-refractivity contribution in [2.24, 2.45) is 7.05 Å². The van der Waals surface area contributed by atoms with Crippen LogP contribution in [-0.4, -0.2) is 14.5 Å². The number of aromatic amines is 1. The first-order valence-electron chi connectivity index (χ1n) is 3.49. The van der Waals surface area contributed by atoms with E-state index in [2.05, 4.69) is 9.97 Å². The number of hydrogen-bond acceptors (Lipinski definition) is 1. The number of nitrogens with one attached hydrogen (secondary N) is 1. The zero-order valence-electron chi connectivity index (χ0n) is 6.28. The number of nitrogens with zero attached hydrogens (tertiary/aromatic N) is 2. The molecule has 0 atom stereocenters. The van der Waals surface area contributed by atoms with Gasteiger partial charge < -0.3 is 9.55 Å². The molecule has 0 aromatic carbocycles. The molecule has 0 aliphatic rings. The number of H-pyrrole nitrogens is 1. The Labute approximate surface area is 64.7 Å². The smallest absolute Gasteiger partial charge is 0.153 e. The van der Waals surface area contributed by atoms with Crippen molar-refractivity contribution in [1.82, 2.24) is 14.5 Å². The molecule has 0 unspecified atom stereocenters. The summed E-state index contributed by atoms with van der Waals surface area (Å²) >= 11 is 0. The van der Waals surface area contributed by atoms with Gasteiger partial charge in [0.1, 0.15) is 0 Å². The molecule has 0 aliphatic carbocycles. The monoisotopic (exact) mass is 147 g/mol. The standard InChI is InChI=1S/C8H9N3/c1-11-6-2-3-7(11)8-9-4-5-10-8/h2-6H,1H3,(H,9,10). The predicted molar refractivity (Wildman–Crippen MR) is 43.0 cm³/mol. The average molecular weight is 147 g/mol. The van der Waals surface area contributed by atoms with Crippen molar-refractivity contribution in [1.29, 1.82) is 0 Å². The highest BCUT2D eigenvalue weighted by atomic mass is 15.0. The van der Waals surface area contributed by atoms with E-state index in [0.717, 1.165) is 11.5 Å². The van der Waals surface area contributed by atoms with Crippen molar-refractivity contribution in [2.45, 2.75) is 0 Å². The van der Waals surface area contributed by atoms with Crippen LogP contribution in [0, 0.1) is 0 Å². The van der Waals surface area contributed by atoms with Gasteiger partial charge >= 0.3 is 0 Å². The Balaban J connectivity index is 2.53. The Morgan fingerprint density at radius 3 is 3.00 bits per heavy atom. The second kappa shape index (κ2) is 2.27. The summed E-state index contributed by atoms with van der Waals surface area (Å²) in [7, 11) is 2.00. The largest absolute Gasteiger partial charge is 0.348 e. The van der Waals surface area contributed by atoms with Gasteiger partial charge in [-0.15, -0.1) is 0 Å². The molecular weight excluding hydrogens is 138 g/mol. The van der Waals surface area contributed by atoms with Crippen molar-refractivity contribution >= 4 is 0 Å². The van der Waals surface area contributed by atoms with Gasteiger partial charge in [-0.2, -0.15) is 0 Å². The van der Waals surface area contributed by atoms with Gasteiger partial charge in [0, 0.05) is 25.6 Å². The molecule has 0 bridgehead atoms. The van der Waals surface area contributed by atoms with E-state index in [1.807, 2.05) is 36.1 Å². The quantitative estimate of drug-likeness (QED) is 0.650. The third-order valence-electron chi connectivity index (χ3n) is 1.68. The van der Waals surface area contributed by atoms with Crippen LogP contribution in [0.5, 0.6) is 0 Å². The maximum atomic E-state index is 4.14. The second-order valence-corrected chi connectivity index (χ2v) is 2.44. The summed E-state index contributed by atoms with van der Waals surface area (Å²) in [5.74, 6) is 0.914. The van der Waals surface area contributed by atoms with Crippen molar-refractivity contribution in [2.75, 3.05) is 0 Å². The molecule has 1 N–H and O–H groups in total. The van der Waals surface area contributed by atoms with Crippen LogP contribution in [-0.2, 0) is 7.05 Å². The number of hydrogen-bond donors (Lipinski definition) is 1. The average Bonchev–Trinajstić information content (AvgIpc) is 2.55. The Kier molecular flexibility index (Phi) is 1.28. The highest BCUT2D eigenvalue weighted by Crippen LogP contribution is 2.12. The van der Waals surface area contributed by atoms with Crippen LogP contribution in [0.4, 0.5) is 0 Å². The SMILES string of the molecule is Cn1cccc1-c1ncc[nH]1. The second-order valence-electron chi connectivity index (χ2n) is 2.44. The fraction of sp³-hybridized carbons (Fsp3) is 0.125. The van der Waals surface area contributed by atoms with E-state index in [1.54, 1.807) is 6.20 Å². The topological polar surface area (TPSA) is 33.6 Å². The first kappa shape index (κ1) is 6.22. The fourth-order valence-electron chi connectivity index (χ4n) is 1.11. The summed E-state index contributed by atoms with van der Waals surface area (Å²) in [5.41, 5.74) is 1.11. The lowest BCUT2D eigenvalue weighted by atomic mass is 10.4. The van der Waals surface area contributed by atoms with Crippen molar-refractivity contribution in [3.05, 3.63) is 30.7 Å². The number of imidazole rings is 1. The van der Waals surface area contributed by atoms with Gasteiger partial charge in [-0.3, -0.25) is 0 Å². The summed E-state index contributed by atoms with van der Waals surface area (Å²) in [4.78, 5) is 7.19. The lowest BCUT2D eigenvalue weighted by Gasteiger charge is -1.96. The zero-order valence-corrected chi connectivity index (χ0v) is 6.28. The van der Waals surface area contributed by atoms with Crippen LogP contribution >= 0.6 is 0 Å². The number of aryl methyl sites for hydroxylation is 1. The summed E-state index contributed by atoms with van der Waals surface area (Å²) in [5, 5.41) is 0. The van der Waals surface area contributed by atoms with E-state index in [1.165, 1.54) is 0 Å². The molecule has 2 heterocycles. The van der Waals surface area contributed by atoms with Crippen LogP contribution in [0.3, 0.4) is 0 Å². The minimum absolute atomic E-state index is 0.914. The van der Waals surface area contributed by atoms with Gasteiger partial charge in [0.2, 0.25) is 0 Å². The van der Waals surface area contributed by atoms with E-state index in [9.17, 15) is 0 Å². The molecule has 56 valence electrons. The fourth-order valence-corrected chi connectivity index (χ4v) is 1.11. The van der Waals surface area contributed by atoms with Gasteiger partial charge in [-0.25, -0.2) is 4.98 Å². The third-order valence-corrected chi connectivity index (χ3v) is 1.68. The molecular formula is C8H9N3. The highest BCUT2D eigenvalue weighted by Gasteiger charge is 2.00. The maximum Gasteiger partial charge on any atom is 0.153 e. The summed E-state index contributed by atoms with van der Waals surface area (Å²) in [6.07, 6.45) is 5.57. The molecule has 2 aromatic rings. The lowest BCUT2D eigenvalue weighted by Crippen LogP contribution is -1.89. The molecule has 3 nitrogen and oxygen atoms in total.